The average molecular weight is 531 g/mol. The molecule has 0 radical (unpaired) electrons. The number of hydrogen-bond acceptors (Lipinski definition) is 8. The normalized spacial score (nSPS) is 16.9. The predicted molar refractivity (Wildman–Crippen MR) is 150 cm³/mol. The second-order valence-corrected chi connectivity index (χ2v) is 10.9. The van der Waals surface area contributed by atoms with Crippen molar-refractivity contribution in [3.63, 3.8) is 0 Å². The minimum absolute atomic E-state index is 0.135. The monoisotopic (exact) mass is 530 g/mol. The van der Waals surface area contributed by atoms with Crippen molar-refractivity contribution in [2.24, 2.45) is 9.50 Å². The van der Waals surface area contributed by atoms with Crippen LogP contribution in [0.2, 0.25) is 0 Å². The molecule has 3 aromatic carbocycles. The third kappa shape index (κ3) is 4.43. The van der Waals surface area contributed by atoms with Crippen LogP contribution < -0.4 is 15.6 Å². The first-order valence-corrected chi connectivity index (χ1v) is 13.8. The highest BCUT2D eigenvalue weighted by Gasteiger charge is 2.31. The van der Waals surface area contributed by atoms with Gasteiger partial charge in [-0.2, -0.15) is 9.78 Å². The summed E-state index contributed by atoms with van der Waals surface area (Å²) in [5.41, 5.74) is 1.91. The van der Waals surface area contributed by atoms with E-state index in [-0.39, 0.29) is 22.0 Å². The number of aromatic nitrogens is 1. The van der Waals surface area contributed by atoms with E-state index in [2.05, 4.69) is 14.8 Å². The fraction of sp³-hybridized carbons (Fsp3) is 0.179. The largest absolute Gasteiger partial charge is 0.506 e. The molecule has 1 aromatic heterocycles. The topological polar surface area (TPSA) is 129 Å². The fourth-order valence-electron chi connectivity index (χ4n) is 4.75. The standard InChI is InChI=1S/C28H26N4O5S/c33-26-21-12-6-7-13-23(21)32(30-19-10-4-5-11-19)28(34)25(26)27-29-22-15-14-20(16-24(22)38(35,36)31-27)37-17-18-8-2-1-3-9-18/h1-3,6-9,12-16,33,35-36H,4-5,10-11,17H2,(H,29,31). The molecule has 194 valence electrons. The number of para-hydroxylation sites is 1. The summed E-state index contributed by atoms with van der Waals surface area (Å²) in [7, 11) is -3.72. The molecule has 1 saturated carbocycles. The van der Waals surface area contributed by atoms with E-state index < -0.39 is 16.3 Å². The number of nitrogens with one attached hydrogen (secondary N) is 1. The number of hydrogen-bond donors (Lipinski definition) is 4. The maximum absolute atomic E-state index is 13.7. The number of amidine groups is 1. The molecule has 4 aromatic rings. The van der Waals surface area contributed by atoms with Gasteiger partial charge in [0.1, 0.15) is 28.6 Å². The molecule has 4 N–H and O–H groups in total. The predicted octanol–water partition coefficient (Wildman–Crippen LogP) is 5.96. The van der Waals surface area contributed by atoms with Gasteiger partial charge in [0.2, 0.25) is 0 Å². The summed E-state index contributed by atoms with van der Waals surface area (Å²) >= 11 is 0. The second kappa shape index (κ2) is 9.64. The van der Waals surface area contributed by atoms with E-state index in [1.165, 1.54) is 10.7 Å². The lowest BCUT2D eigenvalue weighted by atomic mass is 10.1. The molecule has 0 bridgehead atoms. The fourth-order valence-corrected chi connectivity index (χ4v) is 5.92. The Kier molecular flexibility index (Phi) is 6.15. The Morgan fingerprint density at radius 1 is 1.00 bits per heavy atom. The molecule has 38 heavy (non-hydrogen) atoms. The highest BCUT2D eigenvalue weighted by molar-refractivity contribution is 8.23. The minimum Gasteiger partial charge on any atom is -0.506 e. The van der Waals surface area contributed by atoms with E-state index in [4.69, 9.17) is 4.74 Å². The molecule has 2 aliphatic rings. The van der Waals surface area contributed by atoms with Crippen molar-refractivity contribution >= 4 is 38.9 Å². The van der Waals surface area contributed by atoms with Gasteiger partial charge in [-0.25, -0.2) is 0 Å². The van der Waals surface area contributed by atoms with Crippen LogP contribution in [0.5, 0.6) is 11.5 Å². The van der Waals surface area contributed by atoms with Crippen molar-refractivity contribution in [2.75, 3.05) is 5.32 Å². The van der Waals surface area contributed by atoms with Crippen molar-refractivity contribution in [1.82, 2.24) is 4.68 Å². The molecule has 1 aliphatic carbocycles. The van der Waals surface area contributed by atoms with Gasteiger partial charge in [-0.15, -0.1) is 4.40 Å². The van der Waals surface area contributed by atoms with Crippen LogP contribution in [0.3, 0.4) is 0 Å². The Bertz CT molecular complexity index is 1660. The van der Waals surface area contributed by atoms with E-state index >= 15 is 0 Å². The summed E-state index contributed by atoms with van der Waals surface area (Å²) in [5, 5.41) is 19.2. The Labute approximate surface area is 220 Å². The smallest absolute Gasteiger partial charge is 0.286 e. The van der Waals surface area contributed by atoms with E-state index in [0.717, 1.165) is 37.0 Å². The lowest BCUT2D eigenvalue weighted by Gasteiger charge is -2.34. The lowest BCUT2D eigenvalue weighted by molar-refractivity contribution is 0.305. The van der Waals surface area contributed by atoms with Gasteiger partial charge in [0, 0.05) is 17.2 Å². The summed E-state index contributed by atoms with van der Waals surface area (Å²) in [6.45, 7) is 0.313. The van der Waals surface area contributed by atoms with Gasteiger partial charge < -0.3 is 15.2 Å². The first-order chi connectivity index (χ1) is 18.4. The Balaban J connectivity index is 1.41. The van der Waals surface area contributed by atoms with Crippen LogP contribution in [0.1, 0.15) is 36.8 Å². The van der Waals surface area contributed by atoms with E-state index in [0.29, 0.717) is 28.9 Å². The highest BCUT2D eigenvalue weighted by Crippen LogP contribution is 2.56. The molecular weight excluding hydrogens is 504 g/mol. The Morgan fingerprint density at radius 3 is 2.53 bits per heavy atom. The maximum atomic E-state index is 13.7. The number of benzene rings is 3. The zero-order chi connectivity index (χ0) is 26.3. The van der Waals surface area contributed by atoms with E-state index in [1.807, 2.05) is 30.3 Å². The highest BCUT2D eigenvalue weighted by atomic mass is 32.3. The van der Waals surface area contributed by atoms with Crippen molar-refractivity contribution in [1.29, 1.82) is 0 Å². The average Bonchev–Trinajstić information content (AvgIpc) is 3.44. The molecule has 0 unspecified atom stereocenters. The van der Waals surface area contributed by atoms with Crippen molar-refractivity contribution in [2.45, 2.75) is 37.2 Å². The van der Waals surface area contributed by atoms with Crippen molar-refractivity contribution in [3.8, 4) is 11.5 Å². The van der Waals surface area contributed by atoms with Crippen molar-refractivity contribution < 1.29 is 18.9 Å². The molecule has 1 aliphatic heterocycles. The van der Waals surface area contributed by atoms with Crippen LogP contribution in [0.4, 0.5) is 5.69 Å². The summed E-state index contributed by atoms with van der Waals surface area (Å²) in [6.07, 6.45) is 3.64. The van der Waals surface area contributed by atoms with Gasteiger partial charge in [-0.05, 0) is 55.5 Å². The lowest BCUT2D eigenvalue weighted by Crippen LogP contribution is -2.31. The molecule has 2 heterocycles. The van der Waals surface area contributed by atoms with E-state index in [1.54, 1.807) is 36.4 Å². The summed E-state index contributed by atoms with van der Waals surface area (Å²) < 4.78 is 33.2. The Morgan fingerprint density at radius 2 is 1.74 bits per heavy atom. The van der Waals surface area contributed by atoms with Crippen LogP contribution in [-0.4, -0.2) is 30.4 Å². The van der Waals surface area contributed by atoms with Crippen LogP contribution in [0, 0.1) is 0 Å². The zero-order valence-electron chi connectivity index (χ0n) is 20.4. The minimum atomic E-state index is -3.72. The third-order valence-electron chi connectivity index (χ3n) is 6.66. The zero-order valence-corrected chi connectivity index (χ0v) is 21.2. The molecule has 0 spiro atoms. The van der Waals surface area contributed by atoms with Gasteiger partial charge in [0.15, 0.2) is 5.84 Å². The van der Waals surface area contributed by atoms with Gasteiger partial charge >= 0.3 is 0 Å². The van der Waals surface area contributed by atoms with Crippen LogP contribution in [0.15, 0.2) is 92.0 Å². The molecule has 9 nitrogen and oxygen atoms in total. The van der Waals surface area contributed by atoms with Crippen LogP contribution >= 0.6 is 10.8 Å². The molecule has 0 saturated heterocycles. The number of rotatable bonds is 5. The Hall–Kier alpha value is -4.12. The number of aromatic hydroxyl groups is 1. The second-order valence-electron chi connectivity index (χ2n) is 9.25. The number of fused-ring (bicyclic) bond motifs is 2. The van der Waals surface area contributed by atoms with Gasteiger partial charge in [-0.1, -0.05) is 53.2 Å². The first-order valence-electron chi connectivity index (χ1n) is 12.3. The molecule has 6 rings (SSSR count). The van der Waals surface area contributed by atoms with Gasteiger partial charge in [-0.3, -0.25) is 13.9 Å². The van der Waals surface area contributed by atoms with Gasteiger partial charge in [0.25, 0.3) is 5.56 Å². The number of anilines is 1. The van der Waals surface area contributed by atoms with Crippen LogP contribution in [-0.2, 0) is 6.61 Å². The SMILES string of the molecule is O=c1c(C2=NS(O)(O)c3cc(OCc4ccccc4)ccc3N2)c(O)c2ccccc2n1N=C1CCCC1. The molecule has 1 fully saturated rings. The van der Waals surface area contributed by atoms with E-state index in [9.17, 15) is 19.0 Å². The third-order valence-corrected chi connectivity index (χ3v) is 8.02. The summed E-state index contributed by atoms with van der Waals surface area (Å²) in [4.78, 5) is 13.8. The molecular formula is C28H26N4O5S. The number of ether oxygens (including phenoxy) is 1. The number of pyridine rings is 1. The summed E-state index contributed by atoms with van der Waals surface area (Å²) in [5.74, 6) is 0.00147. The molecule has 0 amide bonds. The maximum Gasteiger partial charge on any atom is 0.286 e. The quantitative estimate of drug-likeness (QED) is 0.252. The van der Waals surface area contributed by atoms with Crippen LogP contribution in [0.25, 0.3) is 10.9 Å². The van der Waals surface area contributed by atoms with Gasteiger partial charge in [0.05, 0.1) is 11.2 Å². The summed E-state index contributed by atoms with van der Waals surface area (Å²) in [6, 6.07) is 21.4. The molecule has 0 atom stereocenters. The first kappa shape index (κ1) is 24.2. The van der Waals surface area contributed by atoms with Crippen molar-refractivity contribution in [3.05, 3.63) is 94.3 Å². The number of nitrogens with zero attached hydrogens (tertiary/aromatic N) is 3. The molecule has 10 heteroatoms.